The maximum absolute atomic E-state index is 5.81. The standard InChI is InChI=1S/C18H36O4S2/c1-15(19-9-3-11-23)21-13-17-5-7-18(8-6-17)14-22-16(2)20-10-4-12-24/h15-18,23-24H,3-14H2,1-2H3. The highest BCUT2D eigenvalue weighted by molar-refractivity contribution is 7.80. The number of hydrogen-bond donors (Lipinski definition) is 2. The van der Waals surface area contributed by atoms with E-state index >= 15 is 0 Å². The van der Waals surface area contributed by atoms with Gasteiger partial charge in [0.2, 0.25) is 0 Å². The average Bonchev–Trinajstić information content (AvgIpc) is 2.59. The third-order valence-corrected chi connectivity index (χ3v) is 5.04. The van der Waals surface area contributed by atoms with E-state index < -0.39 is 0 Å². The summed E-state index contributed by atoms with van der Waals surface area (Å²) in [6, 6.07) is 0. The highest BCUT2D eigenvalue weighted by Crippen LogP contribution is 2.29. The molecule has 0 radical (unpaired) electrons. The van der Waals surface area contributed by atoms with E-state index in [0.717, 1.165) is 50.8 Å². The van der Waals surface area contributed by atoms with Crippen LogP contribution in [0.2, 0.25) is 0 Å². The maximum Gasteiger partial charge on any atom is 0.154 e. The summed E-state index contributed by atoms with van der Waals surface area (Å²) in [7, 11) is 0. The lowest BCUT2D eigenvalue weighted by molar-refractivity contribution is -0.147. The van der Waals surface area contributed by atoms with Crippen molar-refractivity contribution in [2.24, 2.45) is 11.8 Å². The Hall–Kier alpha value is 0.540. The Labute approximate surface area is 159 Å². The molecule has 0 amide bonds. The molecule has 0 bridgehead atoms. The Morgan fingerprint density at radius 1 is 0.708 bits per heavy atom. The quantitative estimate of drug-likeness (QED) is 0.269. The summed E-state index contributed by atoms with van der Waals surface area (Å²) in [5.41, 5.74) is 0. The summed E-state index contributed by atoms with van der Waals surface area (Å²) in [6.07, 6.45) is 6.58. The smallest absolute Gasteiger partial charge is 0.154 e. The lowest BCUT2D eigenvalue weighted by Gasteiger charge is -2.29. The van der Waals surface area contributed by atoms with E-state index in [-0.39, 0.29) is 12.6 Å². The zero-order valence-electron chi connectivity index (χ0n) is 15.3. The molecule has 0 aromatic rings. The van der Waals surface area contributed by atoms with Gasteiger partial charge in [0.1, 0.15) is 0 Å². The van der Waals surface area contributed by atoms with Crippen LogP contribution in [0, 0.1) is 11.8 Å². The van der Waals surface area contributed by atoms with Crippen LogP contribution in [0.5, 0.6) is 0 Å². The van der Waals surface area contributed by atoms with Crippen molar-refractivity contribution in [2.45, 2.75) is 65.0 Å². The molecule has 0 N–H and O–H groups in total. The molecule has 0 aromatic heterocycles. The van der Waals surface area contributed by atoms with Crippen molar-refractivity contribution in [1.29, 1.82) is 0 Å². The van der Waals surface area contributed by atoms with Gasteiger partial charge in [-0.15, -0.1) is 0 Å². The molecule has 0 spiro atoms. The van der Waals surface area contributed by atoms with E-state index in [0.29, 0.717) is 11.8 Å². The third kappa shape index (κ3) is 11.2. The van der Waals surface area contributed by atoms with Crippen molar-refractivity contribution in [3.63, 3.8) is 0 Å². The molecule has 0 saturated heterocycles. The molecule has 2 unspecified atom stereocenters. The molecule has 144 valence electrons. The second-order valence-corrected chi connectivity index (χ2v) is 7.48. The summed E-state index contributed by atoms with van der Waals surface area (Å²) >= 11 is 8.35. The summed E-state index contributed by atoms with van der Waals surface area (Å²) in [6.45, 7) is 7.02. The van der Waals surface area contributed by atoms with Crippen LogP contribution in [-0.2, 0) is 18.9 Å². The van der Waals surface area contributed by atoms with Crippen molar-refractivity contribution < 1.29 is 18.9 Å². The van der Waals surface area contributed by atoms with Crippen LogP contribution in [0.15, 0.2) is 0 Å². The molecule has 1 saturated carbocycles. The van der Waals surface area contributed by atoms with E-state index in [4.69, 9.17) is 18.9 Å². The van der Waals surface area contributed by atoms with E-state index in [1.165, 1.54) is 25.7 Å². The lowest BCUT2D eigenvalue weighted by Crippen LogP contribution is -2.26. The van der Waals surface area contributed by atoms with Crippen LogP contribution in [0.1, 0.15) is 52.4 Å². The molecule has 1 fully saturated rings. The fourth-order valence-electron chi connectivity index (χ4n) is 2.83. The van der Waals surface area contributed by atoms with Crippen molar-refractivity contribution in [3.8, 4) is 0 Å². The minimum absolute atomic E-state index is 0.110. The van der Waals surface area contributed by atoms with Gasteiger partial charge in [-0.1, -0.05) is 0 Å². The van der Waals surface area contributed by atoms with Gasteiger partial charge in [0.15, 0.2) is 12.6 Å². The Balaban J connectivity index is 2.03. The van der Waals surface area contributed by atoms with Gasteiger partial charge < -0.3 is 18.9 Å². The van der Waals surface area contributed by atoms with Crippen LogP contribution in [-0.4, -0.2) is 50.5 Å². The fourth-order valence-corrected chi connectivity index (χ4v) is 3.09. The maximum atomic E-state index is 5.81. The topological polar surface area (TPSA) is 36.9 Å². The molecule has 1 aliphatic rings. The lowest BCUT2D eigenvalue weighted by atomic mass is 9.83. The molecule has 1 aliphatic carbocycles. The first-order valence-corrected chi connectivity index (χ1v) is 10.6. The number of thiol groups is 2. The first kappa shape index (κ1) is 22.6. The van der Waals surface area contributed by atoms with Gasteiger partial charge in [0.25, 0.3) is 0 Å². The van der Waals surface area contributed by atoms with Gasteiger partial charge in [-0.05, 0) is 75.7 Å². The number of ether oxygens (including phenoxy) is 4. The van der Waals surface area contributed by atoms with Crippen LogP contribution in [0.25, 0.3) is 0 Å². The Morgan fingerprint density at radius 3 is 1.42 bits per heavy atom. The minimum Gasteiger partial charge on any atom is -0.353 e. The Kier molecular flexibility index (Phi) is 13.8. The van der Waals surface area contributed by atoms with E-state index in [2.05, 4.69) is 25.3 Å². The highest BCUT2D eigenvalue weighted by atomic mass is 32.1. The van der Waals surface area contributed by atoms with Crippen LogP contribution in [0.3, 0.4) is 0 Å². The molecule has 0 aromatic carbocycles. The van der Waals surface area contributed by atoms with Crippen LogP contribution >= 0.6 is 25.3 Å². The van der Waals surface area contributed by atoms with Crippen molar-refractivity contribution in [3.05, 3.63) is 0 Å². The second-order valence-electron chi connectivity index (χ2n) is 6.58. The van der Waals surface area contributed by atoms with Crippen LogP contribution < -0.4 is 0 Å². The summed E-state index contributed by atoms with van der Waals surface area (Å²) in [4.78, 5) is 0. The minimum atomic E-state index is -0.110. The van der Waals surface area contributed by atoms with Crippen molar-refractivity contribution in [2.75, 3.05) is 37.9 Å². The predicted octanol–water partition coefficient (Wildman–Crippen LogP) is 4.19. The Morgan fingerprint density at radius 2 is 1.08 bits per heavy atom. The summed E-state index contributed by atoms with van der Waals surface area (Å²) in [5, 5.41) is 0. The number of hydrogen-bond acceptors (Lipinski definition) is 6. The summed E-state index contributed by atoms with van der Waals surface area (Å²) < 4.78 is 22.8. The molecule has 0 aliphatic heterocycles. The normalized spacial score (nSPS) is 24.0. The van der Waals surface area contributed by atoms with E-state index in [9.17, 15) is 0 Å². The first-order chi connectivity index (χ1) is 11.7. The second kappa shape index (κ2) is 14.7. The Bertz CT molecular complexity index is 258. The largest absolute Gasteiger partial charge is 0.353 e. The fraction of sp³-hybridized carbons (Fsp3) is 1.00. The van der Waals surface area contributed by atoms with Gasteiger partial charge in [0, 0.05) is 0 Å². The van der Waals surface area contributed by atoms with Gasteiger partial charge in [0.05, 0.1) is 26.4 Å². The number of rotatable bonds is 14. The monoisotopic (exact) mass is 380 g/mol. The molecular weight excluding hydrogens is 344 g/mol. The zero-order valence-corrected chi connectivity index (χ0v) is 17.1. The van der Waals surface area contributed by atoms with Crippen molar-refractivity contribution >= 4 is 25.3 Å². The molecule has 4 nitrogen and oxygen atoms in total. The summed E-state index contributed by atoms with van der Waals surface area (Å²) in [5.74, 6) is 3.03. The molecular formula is C18H36O4S2. The predicted molar refractivity (Wildman–Crippen MR) is 105 cm³/mol. The van der Waals surface area contributed by atoms with Crippen LogP contribution in [0.4, 0.5) is 0 Å². The van der Waals surface area contributed by atoms with Gasteiger partial charge in [-0.2, -0.15) is 25.3 Å². The van der Waals surface area contributed by atoms with Gasteiger partial charge >= 0.3 is 0 Å². The third-order valence-electron chi connectivity index (χ3n) is 4.41. The molecule has 0 heterocycles. The van der Waals surface area contributed by atoms with Crippen molar-refractivity contribution in [1.82, 2.24) is 0 Å². The molecule has 6 heteroatoms. The molecule has 1 rings (SSSR count). The van der Waals surface area contributed by atoms with Gasteiger partial charge in [-0.25, -0.2) is 0 Å². The van der Waals surface area contributed by atoms with E-state index in [1.807, 2.05) is 13.8 Å². The molecule has 24 heavy (non-hydrogen) atoms. The first-order valence-electron chi connectivity index (χ1n) is 9.33. The SMILES string of the molecule is CC(OCCCS)OCC1CCC(COC(C)OCCCS)CC1. The highest BCUT2D eigenvalue weighted by Gasteiger charge is 2.22. The zero-order chi connectivity index (χ0) is 17.6. The molecule has 2 atom stereocenters. The average molecular weight is 381 g/mol. The van der Waals surface area contributed by atoms with Gasteiger partial charge in [-0.3, -0.25) is 0 Å². The van der Waals surface area contributed by atoms with E-state index in [1.54, 1.807) is 0 Å².